The van der Waals surface area contributed by atoms with Crippen LogP contribution in [0, 0.1) is 0 Å². The number of halogens is 2. The van der Waals surface area contributed by atoms with E-state index in [9.17, 15) is 9.90 Å². The minimum Gasteiger partial charge on any atom is -0.465 e. The summed E-state index contributed by atoms with van der Waals surface area (Å²) in [6, 6.07) is 22.2. The second-order valence-electron chi connectivity index (χ2n) is 9.42. The molecule has 1 unspecified atom stereocenters. The Morgan fingerprint density at radius 2 is 1.61 bits per heavy atom. The fourth-order valence-electron chi connectivity index (χ4n) is 5.29. The third kappa shape index (κ3) is 4.77. The molecule has 1 fully saturated rings. The molecule has 0 bridgehead atoms. The van der Waals surface area contributed by atoms with Crippen LogP contribution in [-0.4, -0.2) is 43.7 Å². The van der Waals surface area contributed by atoms with Gasteiger partial charge in [-0.05, 0) is 72.5 Å². The van der Waals surface area contributed by atoms with Crippen LogP contribution >= 0.6 is 34.5 Å². The largest absolute Gasteiger partial charge is 0.465 e. The lowest BCUT2D eigenvalue weighted by Gasteiger charge is -2.32. The maximum atomic E-state index is 11.5. The van der Waals surface area contributed by atoms with Crippen LogP contribution in [0.25, 0.3) is 22.4 Å². The van der Waals surface area contributed by atoms with Crippen molar-refractivity contribution in [2.45, 2.75) is 24.8 Å². The predicted molar refractivity (Wildman–Crippen MR) is 153 cm³/mol. The first kappa shape index (κ1) is 24.9. The Kier molecular flexibility index (Phi) is 6.82. The number of hydrogen-bond acceptors (Lipinski definition) is 4. The minimum atomic E-state index is -0.867. The number of carboxylic acid groups (broad SMARTS) is 1. The molecule has 1 atom stereocenters. The second-order valence-corrected chi connectivity index (χ2v) is 11.2. The first-order valence-corrected chi connectivity index (χ1v) is 14.0. The Balaban J connectivity index is 1.50. The highest BCUT2D eigenvalue weighted by molar-refractivity contribution is 7.09. The van der Waals surface area contributed by atoms with Crippen LogP contribution in [0.3, 0.4) is 0 Å². The summed E-state index contributed by atoms with van der Waals surface area (Å²) in [6.07, 6.45) is 2.40. The molecule has 6 rings (SSSR count). The molecular weight excluding hydrogens is 539 g/mol. The van der Waals surface area contributed by atoms with Crippen LogP contribution in [0.2, 0.25) is 10.0 Å². The minimum absolute atomic E-state index is 0.0483. The molecule has 1 saturated heterocycles. The Hall–Kier alpha value is -3.39. The summed E-state index contributed by atoms with van der Waals surface area (Å²) in [6.45, 7) is 0.984. The maximum absolute atomic E-state index is 11.5. The number of carbonyl (C=O) groups is 1. The Morgan fingerprint density at radius 3 is 2.24 bits per heavy atom. The molecule has 2 aromatic heterocycles. The molecule has 1 N–H and O–H groups in total. The summed E-state index contributed by atoms with van der Waals surface area (Å²) in [5.41, 5.74) is 5.12. The molecule has 1 aliphatic rings. The fourth-order valence-corrected chi connectivity index (χ4v) is 6.33. The molecule has 0 aliphatic carbocycles. The molecule has 0 radical (unpaired) electrons. The first-order valence-electron chi connectivity index (χ1n) is 12.4. The number of rotatable bonds is 5. The molecule has 9 heteroatoms. The van der Waals surface area contributed by atoms with Gasteiger partial charge in [0, 0.05) is 46.3 Å². The zero-order valence-corrected chi connectivity index (χ0v) is 22.6. The monoisotopic (exact) mass is 562 g/mol. The van der Waals surface area contributed by atoms with E-state index in [1.807, 2.05) is 48.0 Å². The zero-order chi connectivity index (χ0) is 26.2. The Bertz CT molecular complexity index is 1580. The average molecular weight is 564 g/mol. The van der Waals surface area contributed by atoms with Crippen molar-refractivity contribution in [2.75, 3.05) is 13.1 Å². The van der Waals surface area contributed by atoms with Crippen molar-refractivity contribution in [3.63, 3.8) is 0 Å². The summed E-state index contributed by atoms with van der Waals surface area (Å²) < 4.78 is 2.29. The number of hydrogen-bond donors (Lipinski definition) is 1. The van der Waals surface area contributed by atoms with Crippen molar-refractivity contribution in [1.29, 1.82) is 0 Å². The Morgan fingerprint density at radius 1 is 0.947 bits per heavy atom. The van der Waals surface area contributed by atoms with Gasteiger partial charge in [-0.2, -0.15) is 0 Å². The number of aromatic nitrogens is 3. The van der Waals surface area contributed by atoms with Crippen molar-refractivity contribution in [3.8, 4) is 11.4 Å². The summed E-state index contributed by atoms with van der Waals surface area (Å²) in [5, 5.41) is 13.8. The number of likely N-dealkylation sites (tertiary alicyclic amines) is 1. The van der Waals surface area contributed by atoms with Crippen LogP contribution in [0.1, 0.15) is 40.9 Å². The lowest BCUT2D eigenvalue weighted by molar-refractivity contribution is 0.126. The van der Waals surface area contributed by atoms with E-state index in [1.54, 1.807) is 11.3 Å². The third-order valence-electron chi connectivity index (χ3n) is 7.15. The highest BCUT2D eigenvalue weighted by Gasteiger charge is 2.28. The fraction of sp³-hybridized carbons (Fsp3) is 0.207. The van der Waals surface area contributed by atoms with Crippen molar-refractivity contribution < 1.29 is 9.90 Å². The quantitative estimate of drug-likeness (QED) is 0.236. The lowest BCUT2D eigenvalue weighted by atomic mass is 9.91. The first-order chi connectivity index (χ1) is 18.5. The van der Waals surface area contributed by atoms with Gasteiger partial charge in [0.05, 0.1) is 17.0 Å². The molecule has 1 amide bonds. The van der Waals surface area contributed by atoms with E-state index < -0.39 is 6.09 Å². The highest BCUT2D eigenvalue weighted by Crippen LogP contribution is 2.38. The molecule has 192 valence electrons. The zero-order valence-electron chi connectivity index (χ0n) is 20.3. The third-order valence-corrected chi connectivity index (χ3v) is 8.50. The molecule has 6 nitrogen and oxygen atoms in total. The van der Waals surface area contributed by atoms with E-state index in [-0.39, 0.29) is 12.0 Å². The molecule has 3 aromatic carbocycles. The number of amides is 1. The van der Waals surface area contributed by atoms with E-state index in [0.717, 1.165) is 51.4 Å². The summed E-state index contributed by atoms with van der Waals surface area (Å²) in [5.74, 6) is 0.813. The van der Waals surface area contributed by atoms with Gasteiger partial charge in [0.15, 0.2) is 0 Å². The molecular formula is C29H24Cl2N4O2S. The van der Waals surface area contributed by atoms with Crippen LogP contribution in [0.5, 0.6) is 0 Å². The van der Waals surface area contributed by atoms with Gasteiger partial charge in [-0.25, -0.2) is 14.8 Å². The van der Waals surface area contributed by atoms with Gasteiger partial charge in [0.25, 0.3) is 0 Å². The van der Waals surface area contributed by atoms with Crippen molar-refractivity contribution in [2.24, 2.45) is 0 Å². The van der Waals surface area contributed by atoms with E-state index in [2.05, 4.69) is 39.9 Å². The number of piperidine rings is 1. The smallest absolute Gasteiger partial charge is 0.407 e. The lowest BCUT2D eigenvalue weighted by Crippen LogP contribution is -2.38. The van der Waals surface area contributed by atoms with E-state index in [1.165, 1.54) is 4.90 Å². The standard InChI is InChI=1S/C29H24Cl2N4O2S/c30-21-6-1-18(2-7-21)26(28-32-13-16-38-28)20-5-10-24-25(17-20)35(23-11-14-34(15-12-23)29(36)37)27(33-24)19-3-8-22(31)9-4-19/h1-10,13,16-17,23,26H,11-12,14-15H2,(H,36,37). The van der Waals surface area contributed by atoms with Crippen LogP contribution in [0.4, 0.5) is 4.79 Å². The summed E-state index contributed by atoms with van der Waals surface area (Å²) >= 11 is 14.0. The molecule has 0 spiro atoms. The second kappa shape index (κ2) is 10.4. The van der Waals surface area contributed by atoms with Gasteiger partial charge in [-0.1, -0.05) is 41.4 Å². The van der Waals surface area contributed by atoms with Gasteiger partial charge >= 0.3 is 6.09 Å². The van der Waals surface area contributed by atoms with Crippen LogP contribution < -0.4 is 0 Å². The highest BCUT2D eigenvalue weighted by atomic mass is 35.5. The van der Waals surface area contributed by atoms with E-state index in [0.29, 0.717) is 23.1 Å². The molecule has 0 saturated carbocycles. The van der Waals surface area contributed by atoms with Gasteiger partial charge in [0.1, 0.15) is 10.8 Å². The average Bonchev–Trinajstić information content (AvgIpc) is 3.59. The Labute approximate surface area is 234 Å². The molecule has 5 aromatic rings. The SMILES string of the molecule is O=C(O)N1CCC(n2c(-c3ccc(Cl)cc3)nc3ccc(C(c4ccc(Cl)cc4)c4nccs4)cc32)CC1. The molecule has 38 heavy (non-hydrogen) atoms. The van der Waals surface area contributed by atoms with Gasteiger partial charge in [-0.3, -0.25) is 0 Å². The maximum Gasteiger partial charge on any atom is 0.407 e. The van der Waals surface area contributed by atoms with Gasteiger partial charge in [-0.15, -0.1) is 11.3 Å². The molecule has 1 aliphatic heterocycles. The van der Waals surface area contributed by atoms with Gasteiger partial charge < -0.3 is 14.6 Å². The van der Waals surface area contributed by atoms with Gasteiger partial charge in [0.2, 0.25) is 0 Å². The topological polar surface area (TPSA) is 71.2 Å². The number of thiazole rings is 1. The number of imidazole rings is 1. The van der Waals surface area contributed by atoms with E-state index >= 15 is 0 Å². The molecule has 3 heterocycles. The number of benzene rings is 3. The van der Waals surface area contributed by atoms with Crippen molar-refractivity contribution >= 4 is 51.7 Å². The predicted octanol–water partition coefficient (Wildman–Crippen LogP) is 7.96. The van der Waals surface area contributed by atoms with E-state index in [4.69, 9.17) is 28.2 Å². The normalized spacial score (nSPS) is 15.2. The number of fused-ring (bicyclic) bond motifs is 1. The summed E-state index contributed by atoms with van der Waals surface area (Å²) in [7, 11) is 0. The van der Waals surface area contributed by atoms with Crippen molar-refractivity contribution in [3.05, 3.63) is 104 Å². The van der Waals surface area contributed by atoms with Crippen molar-refractivity contribution in [1.82, 2.24) is 19.4 Å². The summed E-state index contributed by atoms with van der Waals surface area (Å²) in [4.78, 5) is 22.7. The van der Waals surface area contributed by atoms with Crippen LogP contribution in [0.15, 0.2) is 78.3 Å². The number of nitrogens with zero attached hydrogens (tertiary/aromatic N) is 4. The van der Waals surface area contributed by atoms with Crippen LogP contribution in [-0.2, 0) is 0 Å².